The zero-order valence-corrected chi connectivity index (χ0v) is 19.0. The Bertz CT molecular complexity index is 792. The van der Waals surface area contributed by atoms with Crippen molar-refractivity contribution in [1.29, 1.82) is 0 Å². The summed E-state index contributed by atoms with van der Waals surface area (Å²) < 4.78 is 5.72. The molecule has 0 bridgehead atoms. The van der Waals surface area contributed by atoms with Gasteiger partial charge in [0.25, 0.3) is 0 Å². The van der Waals surface area contributed by atoms with Crippen LogP contribution in [0.2, 0.25) is 5.15 Å². The average molecular weight is 433 g/mol. The van der Waals surface area contributed by atoms with Crippen molar-refractivity contribution in [3.05, 3.63) is 46.4 Å². The van der Waals surface area contributed by atoms with Crippen molar-refractivity contribution in [2.45, 2.75) is 46.6 Å². The van der Waals surface area contributed by atoms with Gasteiger partial charge >= 0.3 is 0 Å². The third-order valence-corrected chi connectivity index (χ3v) is 5.71. The van der Waals surface area contributed by atoms with Crippen LogP contribution in [0.4, 0.5) is 0 Å². The molecule has 0 unspecified atom stereocenters. The molecule has 2 aromatic heterocycles. The van der Waals surface area contributed by atoms with Gasteiger partial charge in [-0.2, -0.15) is 0 Å². The minimum atomic E-state index is 0.526. The zero-order valence-electron chi connectivity index (χ0n) is 18.2. The van der Waals surface area contributed by atoms with Gasteiger partial charge in [-0.1, -0.05) is 17.7 Å². The Labute approximate surface area is 184 Å². The molecule has 7 nitrogen and oxygen atoms in total. The van der Waals surface area contributed by atoms with Crippen LogP contribution in [0.3, 0.4) is 0 Å². The highest BCUT2D eigenvalue weighted by Gasteiger charge is 2.20. The molecule has 0 saturated carbocycles. The monoisotopic (exact) mass is 432 g/mol. The highest BCUT2D eigenvalue weighted by Crippen LogP contribution is 2.20. The Kier molecular flexibility index (Phi) is 8.51. The molecule has 3 rings (SSSR count). The van der Waals surface area contributed by atoms with E-state index in [2.05, 4.69) is 32.4 Å². The lowest BCUT2D eigenvalue weighted by atomic mass is 9.97. The second-order valence-corrected chi connectivity index (χ2v) is 8.24. The third-order valence-electron chi connectivity index (χ3n) is 5.49. The lowest BCUT2D eigenvalue weighted by Gasteiger charge is -2.30. The van der Waals surface area contributed by atoms with Gasteiger partial charge in [0.05, 0.1) is 12.2 Å². The molecule has 8 heteroatoms. The molecule has 0 atom stereocenters. The van der Waals surface area contributed by atoms with Gasteiger partial charge < -0.3 is 15.1 Å². The maximum atomic E-state index is 5.84. The van der Waals surface area contributed by atoms with E-state index in [9.17, 15) is 0 Å². The second-order valence-electron chi connectivity index (χ2n) is 7.85. The van der Waals surface area contributed by atoms with E-state index in [0.29, 0.717) is 11.1 Å². The first-order chi connectivity index (χ1) is 14.5. The van der Waals surface area contributed by atoms with E-state index in [1.54, 1.807) is 0 Å². The fourth-order valence-electron chi connectivity index (χ4n) is 3.57. The Balaban J connectivity index is 1.40. The minimum absolute atomic E-state index is 0.526. The van der Waals surface area contributed by atoms with Crippen molar-refractivity contribution < 1.29 is 4.42 Å². The number of oxazole rings is 1. The molecule has 0 amide bonds. The highest BCUT2D eigenvalue weighted by molar-refractivity contribution is 6.29. The van der Waals surface area contributed by atoms with Crippen LogP contribution < -0.4 is 10.6 Å². The van der Waals surface area contributed by atoms with E-state index in [-0.39, 0.29) is 0 Å². The summed E-state index contributed by atoms with van der Waals surface area (Å²) in [6.45, 7) is 11.5. The molecule has 164 valence electrons. The SMILES string of the molecule is CCNC(=NCC1CCN(Cc2nc(C)c(C)o2)CC1)NCCc1ccc(Cl)nc1. The van der Waals surface area contributed by atoms with E-state index >= 15 is 0 Å². The number of rotatable bonds is 8. The molecule has 1 saturated heterocycles. The molecule has 0 aliphatic carbocycles. The fraction of sp³-hybridized carbons (Fsp3) is 0.591. The van der Waals surface area contributed by atoms with E-state index < -0.39 is 0 Å². The first kappa shape index (κ1) is 22.6. The summed E-state index contributed by atoms with van der Waals surface area (Å²) in [7, 11) is 0. The molecule has 1 fully saturated rings. The molecule has 0 radical (unpaired) electrons. The summed E-state index contributed by atoms with van der Waals surface area (Å²) in [4.78, 5) is 15.9. The molecule has 3 heterocycles. The van der Waals surface area contributed by atoms with Crippen LogP contribution in [0.25, 0.3) is 0 Å². The van der Waals surface area contributed by atoms with E-state index in [0.717, 1.165) is 87.4 Å². The lowest BCUT2D eigenvalue weighted by Crippen LogP contribution is -2.39. The number of guanidine groups is 1. The Morgan fingerprint density at radius 3 is 2.70 bits per heavy atom. The first-order valence-electron chi connectivity index (χ1n) is 10.8. The van der Waals surface area contributed by atoms with E-state index in [4.69, 9.17) is 21.0 Å². The van der Waals surface area contributed by atoms with E-state index in [1.807, 2.05) is 32.2 Å². The Morgan fingerprint density at radius 1 is 1.27 bits per heavy atom. The van der Waals surface area contributed by atoms with Gasteiger partial charge in [0.2, 0.25) is 5.89 Å². The van der Waals surface area contributed by atoms with Gasteiger partial charge in [0.1, 0.15) is 10.9 Å². The summed E-state index contributed by atoms with van der Waals surface area (Å²) in [5.74, 6) is 3.25. The number of nitrogens with one attached hydrogen (secondary N) is 2. The van der Waals surface area contributed by atoms with Crippen LogP contribution in [0.5, 0.6) is 0 Å². The summed E-state index contributed by atoms with van der Waals surface area (Å²) in [5.41, 5.74) is 2.15. The number of pyridine rings is 1. The quantitative estimate of drug-likeness (QED) is 0.378. The molecular weight excluding hydrogens is 400 g/mol. The number of halogens is 1. The normalized spacial score (nSPS) is 16.1. The molecule has 0 aromatic carbocycles. The molecule has 30 heavy (non-hydrogen) atoms. The molecule has 2 aromatic rings. The molecular formula is C22H33ClN6O. The summed E-state index contributed by atoms with van der Waals surface area (Å²) in [6.07, 6.45) is 5.01. The van der Waals surface area contributed by atoms with Crippen molar-refractivity contribution in [2.24, 2.45) is 10.9 Å². The van der Waals surface area contributed by atoms with Crippen LogP contribution >= 0.6 is 11.6 Å². The largest absolute Gasteiger partial charge is 0.444 e. The number of piperidine rings is 1. The van der Waals surface area contributed by atoms with Gasteiger partial charge in [-0.25, -0.2) is 9.97 Å². The van der Waals surface area contributed by atoms with Crippen molar-refractivity contribution >= 4 is 17.6 Å². The highest BCUT2D eigenvalue weighted by atomic mass is 35.5. The molecule has 1 aliphatic heterocycles. The number of nitrogens with zero attached hydrogens (tertiary/aromatic N) is 4. The summed E-state index contributed by atoms with van der Waals surface area (Å²) in [6, 6.07) is 3.84. The van der Waals surface area contributed by atoms with Gasteiger partial charge in [-0.3, -0.25) is 9.89 Å². The topological polar surface area (TPSA) is 78.6 Å². The average Bonchev–Trinajstić information content (AvgIpc) is 3.05. The number of aromatic nitrogens is 2. The van der Waals surface area contributed by atoms with Crippen LogP contribution in [0.15, 0.2) is 27.7 Å². The molecule has 1 aliphatic rings. The predicted molar refractivity (Wildman–Crippen MR) is 121 cm³/mol. The number of likely N-dealkylation sites (tertiary alicyclic amines) is 1. The number of aryl methyl sites for hydroxylation is 2. The van der Waals surface area contributed by atoms with E-state index in [1.165, 1.54) is 0 Å². The lowest BCUT2D eigenvalue weighted by molar-refractivity contribution is 0.166. The van der Waals surface area contributed by atoms with Crippen molar-refractivity contribution in [2.75, 3.05) is 32.7 Å². The van der Waals surface area contributed by atoms with Gasteiger partial charge in [0.15, 0.2) is 5.96 Å². The first-order valence-corrected chi connectivity index (χ1v) is 11.2. The molecule has 0 spiro atoms. The zero-order chi connectivity index (χ0) is 21.3. The number of hydrogen-bond acceptors (Lipinski definition) is 5. The standard InChI is InChI=1S/C22H33ClN6O/c1-4-24-22(25-10-7-18-5-6-20(23)26-13-18)27-14-19-8-11-29(12-9-19)15-21-28-16(2)17(3)30-21/h5-6,13,19H,4,7-12,14-15H2,1-3H3,(H2,24,25,27). The van der Waals surface area contributed by atoms with Crippen molar-refractivity contribution in [1.82, 2.24) is 25.5 Å². The Morgan fingerprint density at radius 2 is 2.07 bits per heavy atom. The van der Waals surface area contributed by atoms with Crippen LogP contribution in [-0.2, 0) is 13.0 Å². The summed E-state index contributed by atoms with van der Waals surface area (Å²) in [5, 5.41) is 7.28. The fourth-order valence-corrected chi connectivity index (χ4v) is 3.68. The van der Waals surface area contributed by atoms with Crippen LogP contribution in [0, 0.1) is 19.8 Å². The number of aliphatic imine (C=N–C) groups is 1. The van der Waals surface area contributed by atoms with Crippen LogP contribution in [0.1, 0.15) is 42.7 Å². The third kappa shape index (κ3) is 6.99. The predicted octanol–water partition coefficient (Wildman–Crippen LogP) is 3.35. The van der Waals surface area contributed by atoms with Gasteiger partial charge in [-0.15, -0.1) is 0 Å². The Hall–Kier alpha value is -2.12. The van der Waals surface area contributed by atoms with Crippen molar-refractivity contribution in [3.63, 3.8) is 0 Å². The smallest absolute Gasteiger partial charge is 0.208 e. The molecule has 2 N–H and O–H groups in total. The van der Waals surface area contributed by atoms with Crippen LogP contribution in [-0.4, -0.2) is 53.6 Å². The van der Waals surface area contributed by atoms with Gasteiger partial charge in [0, 0.05) is 25.8 Å². The second kappa shape index (κ2) is 11.3. The minimum Gasteiger partial charge on any atom is -0.444 e. The van der Waals surface area contributed by atoms with Crippen molar-refractivity contribution in [3.8, 4) is 0 Å². The number of hydrogen-bond donors (Lipinski definition) is 2. The summed E-state index contributed by atoms with van der Waals surface area (Å²) >= 11 is 5.84. The van der Waals surface area contributed by atoms with Gasteiger partial charge in [-0.05, 0) is 70.7 Å². The maximum Gasteiger partial charge on any atom is 0.208 e. The maximum absolute atomic E-state index is 5.84.